The molecule has 0 radical (unpaired) electrons. The van der Waals surface area contributed by atoms with Crippen LogP contribution in [0.3, 0.4) is 0 Å². The number of halogens is 4. The van der Waals surface area contributed by atoms with Gasteiger partial charge in [-0.1, -0.05) is 0 Å². The Morgan fingerprint density at radius 2 is 2.05 bits per heavy atom. The van der Waals surface area contributed by atoms with Crippen molar-refractivity contribution in [1.29, 1.82) is 0 Å². The summed E-state index contributed by atoms with van der Waals surface area (Å²) in [6.07, 6.45) is -3.92. The number of hydrogen-bond acceptors (Lipinski definition) is 4. The summed E-state index contributed by atoms with van der Waals surface area (Å²) in [5.41, 5.74) is 0. The zero-order valence-corrected chi connectivity index (χ0v) is 11.4. The Balaban J connectivity index is 2.85. The van der Waals surface area contributed by atoms with Crippen LogP contribution >= 0.6 is 11.3 Å². The zero-order valence-electron chi connectivity index (χ0n) is 9.79. The van der Waals surface area contributed by atoms with Crippen molar-refractivity contribution < 1.29 is 26.0 Å². The maximum absolute atomic E-state index is 12.7. The molecule has 10 heteroatoms. The van der Waals surface area contributed by atoms with Crippen LogP contribution in [0.2, 0.25) is 0 Å². The molecule has 0 saturated heterocycles. The summed E-state index contributed by atoms with van der Waals surface area (Å²) < 4.78 is 74.2. The molecule has 1 aromatic rings. The number of nitrogens with one attached hydrogen (secondary N) is 2. The van der Waals surface area contributed by atoms with Crippen LogP contribution in [0.1, 0.15) is 4.88 Å². The van der Waals surface area contributed by atoms with Gasteiger partial charge in [-0.15, -0.1) is 11.3 Å². The Kier molecular flexibility index (Phi) is 5.30. The molecule has 0 atom stereocenters. The monoisotopic (exact) mass is 320 g/mol. The Morgan fingerprint density at radius 3 is 2.58 bits per heavy atom. The van der Waals surface area contributed by atoms with Crippen molar-refractivity contribution in [2.75, 3.05) is 13.6 Å². The van der Waals surface area contributed by atoms with Crippen LogP contribution in [0.5, 0.6) is 0 Å². The van der Waals surface area contributed by atoms with E-state index in [9.17, 15) is 26.0 Å². The van der Waals surface area contributed by atoms with Crippen molar-refractivity contribution in [1.82, 2.24) is 10.0 Å². The predicted molar refractivity (Wildman–Crippen MR) is 63.2 cm³/mol. The van der Waals surface area contributed by atoms with Crippen molar-refractivity contribution in [2.24, 2.45) is 0 Å². The highest BCUT2D eigenvalue weighted by molar-refractivity contribution is 7.89. The van der Waals surface area contributed by atoms with E-state index in [1.54, 1.807) is 7.05 Å². The zero-order chi connectivity index (χ0) is 14.7. The molecule has 4 nitrogen and oxygen atoms in total. The van der Waals surface area contributed by atoms with Gasteiger partial charge in [-0.3, -0.25) is 0 Å². The predicted octanol–water partition coefficient (Wildman–Crippen LogP) is 1.65. The molecule has 0 aliphatic carbocycles. The van der Waals surface area contributed by atoms with E-state index in [0.29, 0.717) is 4.88 Å². The lowest BCUT2D eigenvalue weighted by molar-refractivity contribution is -0.122. The van der Waals surface area contributed by atoms with E-state index < -0.39 is 28.9 Å². The number of rotatable bonds is 7. The summed E-state index contributed by atoms with van der Waals surface area (Å²) in [5, 5.41) is 4.20. The largest absolute Gasteiger partial charge is 0.320 e. The first-order chi connectivity index (χ1) is 8.70. The van der Waals surface area contributed by atoms with E-state index in [1.165, 1.54) is 16.2 Å². The van der Waals surface area contributed by atoms with Crippen molar-refractivity contribution >= 4 is 21.4 Å². The molecule has 1 aromatic heterocycles. The third kappa shape index (κ3) is 4.13. The van der Waals surface area contributed by atoms with Crippen LogP contribution in [-0.4, -0.2) is 34.4 Å². The molecule has 0 aromatic carbocycles. The van der Waals surface area contributed by atoms with Gasteiger partial charge in [0.1, 0.15) is 0 Å². The minimum Gasteiger partial charge on any atom is -0.315 e. The first kappa shape index (κ1) is 16.3. The lowest BCUT2D eigenvalue weighted by Crippen LogP contribution is -2.41. The normalized spacial score (nSPS) is 13.2. The molecule has 0 unspecified atom stereocenters. The Bertz CT molecular complexity index is 516. The number of hydrogen-bond donors (Lipinski definition) is 2. The average Bonchev–Trinajstić information content (AvgIpc) is 2.76. The number of sulfonamides is 1. The molecule has 2 N–H and O–H groups in total. The van der Waals surface area contributed by atoms with Gasteiger partial charge in [0.15, 0.2) is 0 Å². The molecule has 0 bridgehead atoms. The van der Waals surface area contributed by atoms with Crippen LogP contribution in [-0.2, 0) is 16.6 Å². The summed E-state index contributed by atoms with van der Waals surface area (Å²) in [5.74, 6) is -4.40. The van der Waals surface area contributed by atoms with Crippen LogP contribution in [0.15, 0.2) is 16.3 Å². The average molecular weight is 320 g/mol. The summed E-state index contributed by atoms with van der Waals surface area (Å²) in [6, 6.07) is 1.24. The van der Waals surface area contributed by atoms with Gasteiger partial charge < -0.3 is 5.32 Å². The van der Waals surface area contributed by atoms with Gasteiger partial charge in [-0.25, -0.2) is 21.9 Å². The van der Waals surface area contributed by atoms with Crippen molar-refractivity contribution in [3.63, 3.8) is 0 Å². The van der Waals surface area contributed by atoms with E-state index >= 15 is 0 Å². The van der Waals surface area contributed by atoms with Gasteiger partial charge >= 0.3 is 12.3 Å². The fraction of sp³-hybridized carbons (Fsp3) is 0.556. The van der Waals surface area contributed by atoms with Crippen LogP contribution in [0, 0.1) is 0 Å². The second kappa shape index (κ2) is 6.16. The smallest absolute Gasteiger partial charge is 0.315 e. The van der Waals surface area contributed by atoms with Crippen LogP contribution < -0.4 is 10.0 Å². The maximum atomic E-state index is 12.7. The summed E-state index contributed by atoms with van der Waals surface area (Å²) in [7, 11) is -2.64. The van der Waals surface area contributed by atoms with Gasteiger partial charge in [-0.05, 0) is 18.5 Å². The first-order valence-corrected chi connectivity index (χ1v) is 7.43. The molecule has 110 valence electrons. The first-order valence-electron chi connectivity index (χ1n) is 5.07. The number of alkyl halides is 4. The maximum Gasteiger partial charge on any atom is 0.320 e. The third-order valence-corrected chi connectivity index (χ3v) is 4.68. The molecule has 19 heavy (non-hydrogen) atoms. The second-order valence-electron chi connectivity index (χ2n) is 3.62. The molecule has 1 rings (SSSR count). The highest BCUT2D eigenvalue weighted by Gasteiger charge is 2.41. The lowest BCUT2D eigenvalue weighted by Gasteiger charge is -2.16. The molecule has 1 heterocycles. The molecular weight excluding hydrogens is 308 g/mol. The van der Waals surface area contributed by atoms with Gasteiger partial charge in [0, 0.05) is 11.4 Å². The van der Waals surface area contributed by atoms with Gasteiger partial charge in [-0.2, -0.15) is 8.78 Å². The SMILES string of the molecule is CNCc1sccc1S(=O)(=O)NCC(F)(F)C(F)F. The Morgan fingerprint density at radius 1 is 1.42 bits per heavy atom. The molecule has 0 spiro atoms. The minimum atomic E-state index is -4.40. The van der Waals surface area contributed by atoms with Gasteiger partial charge in [0.25, 0.3) is 0 Å². The van der Waals surface area contributed by atoms with Gasteiger partial charge in [0.2, 0.25) is 10.0 Å². The summed E-state index contributed by atoms with van der Waals surface area (Å²) >= 11 is 1.12. The topological polar surface area (TPSA) is 58.2 Å². The van der Waals surface area contributed by atoms with E-state index in [2.05, 4.69) is 5.32 Å². The van der Waals surface area contributed by atoms with Crippen LogP contribution in [0.4, 0.5) is 17.6 Å². The molecule has 0 aliphatic heterocycles. The fourth-order valence-corrected chi connectivity index (χ4v) is 3.70. The highest BCUT2D eigenvalue weighted by atomic mass is 32.2. The Labute approximate surface area is 111 Å². The Hall–Kier alpha value is -0.710. The summed E-state index contributed by atoms with van der Waals surface area (Å²) in [6.45, 7) is -1.40. The quantitative estimate of drug-likeness (QED) is 0.751. The molecule has 0 saturated carbocycles. The number of thiophene rings is 1. The minimum absolute atomic E-state index is 0.183. The van der Waals surface area contributed by atoms with Gasteiger partial charge in [0.05, 0.1) is 11.4 Å². The molecule has 0 aliphatic rings. The standard InChI is InChI=1S/C9H12F4N2O2S2/c1-14-4-6-7(2-3-18-6)19(16,17)15-5-9(12,13)8(10)11/h2-3,8,14-15H,4-5H2,1H3. The van der Waals surface area contributed by atoms with Crippen molar-refractivity contribution in [3.05, 3.63) is 16.3 Å². The van der Waals surface area contributed by atoms with E-state index in [0.717, 1.165) is 11.3 Å². The van der Waals surface area contributed by atoms with Crippen molar-refractivity contribution in [3.8, 4) is 0 Å². The van der Waals surface area contributed by atoms with E-state index in [-0.39, 0.29) is 11.4 Å². The lowest BCUT2D eigenvalue weighted by atomic mass is 10.4. The third-order valence-electron chi connectivity index (χ3n) is 2.15. The van der Waals surface area contributed by atoms with Crippen LogP contribution in [0.25, 0.3) is 0 Å². The van der Waals surface area contributed by atoms with E-state index in [1.807, 2.05) is 0 Å². The highest BCUT2D eigenvalue weighted by Crippen LogP contribution is 2.25. The van der Waals surface area contributed by atoms with Crippen molar-refractivity contribution in [2.45, 2.75) is 23.8 Å². The molecule has 0 fully saturated rings. The molecule has 0 amide bonds. The molecular formula is C9H12F4N2O2S2. The van der Waals surface area contributed by atoms with E-state index in [4.69, 9.17) is 0 Å². The summed E-state index contributed by atoms with van der Waals surface area (Å²) in [4.78, 5) is 0.229. The fourth-order valence-electron chi connectivity index (χ4n) is 1.20. The second-order valence-corrected chi connectivity index (χ2v) is 6.36.